The topological polar surface area (TPSA) is 45.5 Å². The van der Waals surface area contributed by atoms with Gasteiger partial charge in [-0.15, -0.1) is 0 Å². The third-order valence-electron chi connectivity index (χ3n) is 3.74. The molecule has 1 amide bonds. The van der Waals surface area contributed by atoms with E-state index in [9.17, 15) is 4.79 Å². The lowest BCUT2D eigenvalue weighted by atomic mass is 10.1. The van der Waals surface area contributed by atoms with E-state index in [4.69, 9.17) is 16.0 Å². The summed E-state index contributed by atoms with van der Waals surface area (Å²) < 4.78 is 5.70. The predicted octanol–water partition coefficient (Wildman–Crippen LogP) is 4.71. The molecule has 3 aromatic rings. The van der Waals surface area contributed by atoms with E-state index < -0.39 is 0 Å². The van der Waals surface area contributed by atoms with Crippen LogP contribution in [0.3, 0.4) is 0 Å². The molecule has 0 aliphatic heterocycles. The van der Waals surface area contributed by atoms with E-state index in [0.29, 0.717) is 16.4 Å². The van der Waals surface area contributed by atoms with Crippen LogP contribution in [-0.4, -0.2) is 20.0 Å². The van der Waals surface area contributed by atoms with Crippen molar-refractivity contribution in [3.8, 4) is 0 Å². The molecule has 1 aromatic heterocycles. The highest BCUT2D eigenvalue weighted by Gasteiger charge is 2.19. The molecule has 4 nitrogen and oxygen atoms in total. The first-order valence-electron chi connectivity index (χ1n) is 7.23. The van der Waals surface area contributed by atoms with Crippen LogP contribution in [0, 0.1) is 6.92 Å². The van der Waals surface area contributed by atoms with Crippen molar-refractivity contribution in [3.05, 3.63) is 58.8 Å². The highest BCUT2D eigenvalue weighted by Crippen LogP contribution is 2.29. The van der Waals surface area contributed by atoms with E-state index in [2.05, 4.69) is 5.32 Å². The first kappa shape index (κ1) is 15.4. The van der Waals surface area contributed by atoms with E-state index >= 15 is 0 Å². The van der Waals surface area contributed by atoms with Crippen LogP contribution in [0.2, 0.25) is 5.02 Å². The van der Waals surface area contributed by atoms with Gasteiger partial charge in [0.1, 0.15) is 5.58 Å². The molecule has 1 heterocycles. The van der Waals surface area contributed by atoms with E-state index in [0.717, 1.165) is 22.3 Å². The van der Waals surface area contributed by atoms with Crippen LogP contribution in [0.5, 0.6) is 0 Å². The number of fused-ring (bicyclic) bond motifs is 1. The van der Waals surface area contributed by atoms with Crippen LogP contribution in [0.1, 0.15) is 16.1 Å². The summed E-state index contributed by atoms with van der Waals surface area (Å²) in [5.41, 5.74) is 3.10. The van der Waals surface area contributed by atoms with E-state index in [1.165, 1.54) is 0 Å². The molecule has 3 rings (SSSR count). The lowest BCUT2D eigenvalue weighted by molar-refractivity contribution is 0.0998. The third kappa shape index (κ3) is 2.90. The molecule has 0 saturated heterocycles. The van der Waals surface area contributed by atoms with Crippen molar-refractivity contribution in [2.45, 2.75) is 6.92 Å². The number of carbonyl (C=O) groups is 1. The average molecular weight is 329 g/mol. The molecule has 0 radical (unpaired) electrons. The number of para-hydroxylation sites is 2. The highest BCUT2D eigenvalue weighted by molar-refractivity contribution is 6.31. The highest BCUT2D eigenvalue weighted by atomic mass is 35.5. The Morgan fingerprint density at radius 1 is 1.17 bits per heavy atom. The van der Waals surface area contributed by atoms with E-state index in [1.54, 1.807) is 18.2 Å². The van der Waals surface area contributed by atoms with Gasteiger partial charge in [0, 0.05) is 30.1 Å². The minimum Gasteiger partial charge on any atom is -0.451 e. The van der Waals surface area contributed by atoms with Crippen molar-refractivity contribution in [2.24, 2.45) is 0 Å². The molecule has 0 saturated carbocycles. The zero-order valence-corrected chi connectivity index (χ0v) is 13.9. The van der Waals surface area contributed by atoms with Crippen molar-refractivity contribution in [1.82, 2.24) is 0 Å². The van der Waals surface area contributed by atoms with Gasteiger partial charge in [-0.1, -0.05) is 23.7 Å². The van der Waals surface area contributed by atoms with Gasteiger partial charge in [-0.05, 0) is 37.3 Å². The molecule has 2 aromatic carbocycles. The maximum atomic E-state index is 12.6. The second-order valence-corrected chi connectivity index (χ2v) is 6.00. The smallest absolute Gasteiger partial charge is 0.291 e. The van der Waals surface area contributed by atoms with Gasteiger partial charge in [-0.2, -0.15) is 0 Å². The number of rotatable bonds is 3. The van der Waals surface area contributed by atoms with Crippen LogP contribution in [-0.2, 0) is 0 Å². The van der Waals surface area contributed by atoms with Gasteiger partial charge in [0.2, 0.25) is 0 Å². The SMILES string of the molecule is Cc1c(C(=O)Nc2ccccc2N(C)C)oc2ccc(Cl)cc12. The number of hydrogen-bond acceptors (Lipinski definition) is 3. The zero-order chi connectivity index (χ0) is 16.6. The van der Waals surface area contributed by atoms with Gasteiger partial charge in [0.15, 0.2) is 5.76 Å². The molecule has 0 atom stereocenters. The number of carbonyl (C=O) groups excluding carboxylic acids is 1. The molecule has 1 N–H and O–H groups in total. The summed E-state index contributed by atoms with van der Waals surface area (Å²) in [4.78, 5) is 14.6. The average Bonchev–Trinajstić information content (AvgIpc) is 2.84. The number of halogens is 1. The van der Waals surface area contributed by atoms with Crippen molar-refractivity contribution in [1.29, 1.82) is 0 Å². The molecule has 0 aliphatic carbocycles. The zero-order valence-electron chi connectivity index (χ0n) is 13.2. The number of nitrogens with zero attached hydrogens (tertiary/aromatic N) is 1. The second kappa shape index (κ2) is 5.97. The number of nitrogens with one attached hydrogen (secondary N) is 1. The van der Waals surface area contributed by atoms with Gasteiger partial charge in [0.05, 0.1) is 11.4 Å². The maximum absolute atomic E-state index is 12.6. The lowest BCUT2D eigenvalue weighted by Gasteiger charge is -2.17. The van der Waals surface area contributed by atoms with E-state index in [1.807, 2.05) is 50.2 Å². The Balaban J connectivity index is 1.97. The van der Waals surface area contributed by atoms with Gasteiger partial charge in [-0.25, -0.2) is 0 Å². The van der Waals surface area contributed by atoms with Crippen LogP contribution in [0.4, 0.5) is 11.4 Å². The molecule has 23 heavy (non-hydrogen) atoms. The monoisotopic (exact) mass is 328 g/mol. The quantitative estimate of drug-likeness (QED) is 0.757. The first-order chi connectivity index (χ1) is 11.0. The standard InChI is InChI=1S/C18H17ClN2O2/c1-11-13-10-12(19)8-9-16(13)23-17(11)18(22)20-14-6-4-5-7-15(14)21(2)3/h4-10H,1-3H3,(H,20,22). The fraction of sp³-hybridized carbons (Fsp3) is 0.167. The summed E-state index contributed by atoms with van der Waals surface area (Å²) in [6, 6.07) is 12.9. The summed E-state index contributed by atoms with van der Waals surface area (Å²) in [5, 5.41) is 4.38. The summed E-state index contributed by atoms with van der Waals surface area (Å²) in [6.45, 7) is 1.86. The van der Waals surface area contributed by atoms with Gasteiger partial charge < -0.3 is 14.6 Å². The first-order valence-corrected chi connectivity index (χ1v) is 7.61. The maximum Gasteiger partial charge on any atom is 0.291 e. The Morgan fingerprint density at radius 2 is 1.91 bits per heavy atom. The number of hydrogen-bond donors (Lipinski definition) is 1. The predicted molar refractivity (Wildman–Crippen MR) is 94.7 cm³/mol. The molecule has 0 spiro atoms. The molecule has 0 bridgehead atoms. The molecule has 118 valence electrons. The van der Waals surface area contributed by atoms with Gasteiger partial charge in [0.25, 0.3) is 5.91 Å². The number of aryl methyl sites for hydroxylation is 1. The summed E-state index contributed by atoms with van der Waals surface area (Å²) >= 11 is 6.02. The van der Waals surface area contributed by atoms with Crippen molar-refractivity contribution in [3.63, 3.8) is 0 Å². The lowest BCUT2D eigenvalue weighted by Crippen LogP contribution is -2.16. The van der Waals surface area contributed by atoms with Crippen molar-refractivity contribution < 1.29 is 9.21 Å². The van der Waals surface area contributed by atoms with Crippen LogP contribution in [0.25, 0.3) is 11.0 Å². The van der Waals surface area contributed by atoms with Crippen LogP contribution < -0.4 is 10.2 Å². The molecular weight excluding hydrogens is 312 g/mol. The Labute approximate surface area is 139 Å². The Bertz CT molecular complexity index is 884. The Kier molecular flexibility index (Phi) is 4.01. The normalized spacial score (nSPS) is 10.8. The molecular formula is C18H17ClN2O2. The Hall–Kier alpha value is -2.46. The van der Waals surface area contributed by atoms with Gasteiger partial charge >= 0.3 is 0 Å². The summed E-state index contributed by atoms with van der Waals surface area (Å²) in [5.74, 6) is 0.0277. The molecule has 0 fully saturated rings. The Morgan fingerprint density at radius 3 is 2.65 bits per heavy atom. The fourth-order valence-corrected chi connectivity index (χ4v) is 2.73. The molecule has 5 heteroatoms. The van der Waals surface area contributed by atoms with Crippen LogP contribution >= 0.6 is 11.6 Å². The third-order valence-corrected chi connectivity index (χ3v) is 3.97. The number of amides is 1. The second-order valence-electron chi connectivity index (χ2n) is 5.56. The van der Waals surface area contributed by atoms with Crippen LogP contribution in [0.15, 0.2) is 46.9 Å². The van der Waals surface area contributed by atoms with Gasteiger partial charge in [-0.3, -0.25) is 4.79 Å². The minimum atomic E-state index is -0.274. The number of furan rings is 1. The van der Waals surface area contributed by atoms with Crippen molar-refractivity contribution >= 4 is 39.9 Å². The number of benzene rings is 2. The van der Waals surface area contributed by atoms with E-state index in [-0.39, 0.29) is 5.91 Å². The minimum absolute atomic E-state index is 0.274. The van der Waals surface area contributed by atoms with Crippen molar-refractivity contribution in [2.75, 3.05) is 24.3 Å². The number of anilines is 2. The molecule has 0 unspecified atom stereocenters. The largest absolute Gasteiger partial charge is 0.451 e. The summed E-state index contributed by atoms with van der Waals surface area (Å²) in [6.07, 6.45) is 0. The fourth-order valence-electron chi connectivity index (χ4n) is 2.56. The molecule has 0 aliphatic rings. The summed E-state index contributed by atoms with van der Waals surface area (Å²) in [7, 11) is 3.86.